The second kappa shape index (κ2) is 6.13. The second-order valence-electron chi connectivity index (χ2n) is 4.21. The van der Waals surface area contributed by atoms with Crippen LogP contribution in [0.15, 0.2) is 24.4 Å². The van der Waals surface area contributed by atoms with Gasteiger partial charge in [-0.15, -0.1) is 0 Å². The summed E-state index contributed by atoms with van der Waals surface area (Å²) < 4.78 is 12.4. The molecule has 7 heteroatoms. The first-order valence-electron chi connectivity index (χ1n) is 5.97. The van der Waals surface area contributed by atoms with Gasteiger partial charge in [-0.2, -0.15) is 5.10 Å². The van der Waals surface area contributed by atoms with E-state index in [1.165, 1.54) is 0 Å². The molecule has 0 saturated heterocycles. The number of hydrogen-bond acceptors (Lipinski definition) is 5. The number of halogens is 1. The molecule has 1 heterocycles. The third kappa shape index (κ3) is 2.58. The lowest BCUT2D eigenvalue weighted by Crippen LogP contribution is -2.31. The highest BCUT2D eigenvalue weighted by Crippen LogP contribution is 2.35. The summed E-state index contributed by atoms with van der Waals surface area (Å²) in [5, 5.41) is 4.78. The number of nitrogens with two attached hydrogens (primary N) is 1. The largest absolute Gasteiger partial charge is 0.496 e. The molecule has 0 bridgehead atoms. The van der Waals surface area contributed by atoms with E-state index >= 15 is 0 Å². The normalized spacial score (nSPS) is 12.2. The van der Waals surface area contributed by atoms with Gasteiger partial charge in [-0.1, -0.05) is 11.6 Å². The van der Waals surface area contributed by atoms with E-state index < -0.39 is 0 Å². The Balaban J connectivity index is 2.57. The van der Waals surface area contributed by atoms with Gasteiger partial charge in [0.1, 0.15) is 11.4 Å². The SMILES string of the molecule is COc1ccc(Cl)cc1C(NN)c1c(OC)cnn1C. The molecule has 1 aromatic heterocycles. The van der Waals surface area contributed by atoms with E-state index in [2.05, 4.69) is 10.5 Å². The van der Waals surface area contributed by atoms with Crippen molar-refractivity contribution in [3.8, 4) is 11.5 Å². The fourth-order valence-electron chi connectivity index (χ4n) is 2.16. The van der Waals surface area contributed by atoms with Crippen molar-refractivity contribution in [1.29, 1.82) is 0 Å². The van der Waals surface area contributed by atoms with Gasteiger partial charge in [0.05, 0.1) is 26.5 Å². The summed E-state index contributed by atoms with van der Waals surface area (Å²) in [6.45, 7) is 0. The molecule has 6 nitrogen and oxygen atoms in total. The summed E-state index contributed by atoms with van der Waals surface area (Å²) in [7, 11) is 5.00. The number of nitrogens with zero attached hydrogens (tertiary/aromatic N) is 2. The van der Waals surface area contributed by atoms with E-state index in [4.69, 9.17) is 26.9 Å². The summed E-state index contributed by atoms with van der Waals surface area (Å²) in [6.07, 6.45) is 1.64. The van der Waals surface area contributed by atoms with Gasteiger partial charge in [0.2, 0.25) is 0 Å². The van der Waals surface area contributed by atoms with Crippen LogP contribution in [0, 0.1) is 0 Å². The van der Waals surface area contributed by atoms with Crippen LogP contribution in [0.2, 0.25) is 5.02 Å². The molecular weight excluding hydrogens is 280 g/mol. The predicted molar refractivity (Wildman–Crippen MR) is 76.9 cm³/mol. The molecule has 0 saturated carbocycles. The van der Waals surface area contributed by atoms with Gasteiger partial charge in [0, 0.05) is 17.6 Å². The Morgan fingerprint density at radius 3 is 2.60 bits per heavy atom. The summed E-state index contributed by atoms with van der Waals surface area (Å²) in [5.41, 5.74) is 4.36. The Kier molecular flexibility index (Phi) is 4.49. The topological polar surface area (TPSA) is 74.3 Å². The van der Waals surface area contributed by atoms with Crippen molar-refractivity contribution >= 4 is 11.6 Å². The summed E-state index contributed by atoms with van der Waals surface area (Å²) in [5.74, 6) is 7.03. The number of aryl methyl sites for hydroxylation is 1. The first kappa shape index (κ1) is 14.6. The van der Waals surface area contributed by atoms with Gasteiger partial charge in [-0.25, -0.2) is 5.43 Å². The zero-order valence-corrected chi connectivity index (χ0v) is 12.3. The van der Waals surface area contributed by atoms with Crippen molar-refractivity contribution in [3.05, 3.63) is 40.7 Å². The lowest BCUT2D eigenvalue weighted by Gasteiger charge is -2.20. The minimum Gasteiger partial charge on any atom is -0.496 e. The van der Waals surface area contributed by atoms with Crippen LogP contribution in [0.4, 0.5) is 0 Å². The van der Waals surface area contributed by atoms with Gasteiger partial charge in [0.25, 0.3) is 0 Å². The maximum Gasteiger partial charge on any atom is 0.161 e. The highest BCUT2D eigenvalue weighted by Gasteiger charge is 2.24. The highest BCUT2D eigenvalue weighted by atomic mass is 35.5. The Hall–Kier alpha value is -1.76. The Labute approximate surface area is 122 Å². The van der Waals surface area contributed by atoms with Crippen molar-refractivity contribution in [2.45, 2.75) is 6.04 Å². The summed E-state index contributed by atoms with van der Waals surface area (Å²) in [4.78, 5) is 0. The lowest BCUT2D eigenvalue weighted by molar-refractivity contribution is 0.390. The number of methoxy groups -OCH3 is 2. The Bertz CT molecular complexity index is 600. The number of hydrazine groups is 1. The van der Waals surface area contributed by atoms with Crippen molar-refractivity contribution < 1.29 is 9.47 Å². The molecule has 1 aromatic carbocycles. The van der Waals surface area contributed by atoms with Crippen LogP contribution in [0.5, 0.6) is 11.5 Å². The van der Waals surface area contributed by atoms with Crippen LogP contribution in [0.3, 0.4) is 0 Å². The van der Waals surface area contributed by atoms with Gasteiger partial charge in [0.15, 0.2) is 5.75 Å². The number of ether oxygens (including phenoxy) is 2. The maximum absolute atomic E-state index is 6.07. The second-order valence-corrected chi connectivity index (χ2v) is 4.64. The third-order valence-corrected chi connectivity index (χ3v) is 3.35. The molecule has 1 atom stereocenters. The van der Waals surface area contributed by atoms with Crippen LogP contribution in [0.25, 0.3) is 0 Å². The van der Waals surface area contributed by atoms with E-state index in [9.17, 15) is 0 Å². The molecule has 0 spiro atoms. The van der Waals surface area contributed by atoms with Crippen LogP contribution < -0.4 is 20.7 Å². The Morgan fingerprint density at radius 1 is 1.30 bits per heavy atom. The van der Waals surface area contributed by atoms with E-state index in [-0.39, 0.29) is 6.04 Å². The summed E-state index contributed by atoms with van der Waals surface area (Å²) >= 11 is 6.07. The molecule has 2 aromatic rings. The predicted octanol–water partition coefficient (Wildman–Crippen LogP) is 1.64. The third-order valence-electron chi connectivity index (χ3n) is 3.11. The number of hydrogen-bond donors (Lipinski definition) is 2. The average molecular weight is 297 g/mol. The molecule has 0 aliphatic heterocycles. The molecule has 1 unspecified atom stereocenters. The standard InChI is InChI=1S/C13H17ClN4O2/c1-18-13(11(20-3)7-16-18)12(17-15)9-6-8(14)4-5-10(9)19-2/h4-7,12,17H,15H2,1-3H3. The monoisotopic (exact) mass is 296 g/mol. The Morgan fingerprint density at radius 2 is 2.00 bits per heavy atom. The molecule has 108 valence electrons. The van der Waals surface area contributed by atoms with E-state index in [1.807, 2.05) is 7.05 Å². The average Bonchev–Trinajstić information content (AvgIpc) is 2.82. The number of rotatable bonds is 5. The number of benzene rings is 1. The molecule has 0 fully saturated rings. The number of aromatic nitrogens is 2. The zero-order valence-electron chi connectivity index (χ0n) is 11.6. The molecule has 0 aliphatic rings. The van der Waals surface area contributed by atoms with Crippen LogP contribution in [0.1, 0.15) is 17.3 Å². The highest BCUT2D eigenvalue weighted by molar-refractivity contribution is 6.30. The fraction of sp³-hybridized carbons (Fsp3) is 0.308. The first-order valence-corrected chi connectivity index (χ1v) is 6.35. The van der Waals surface area contributed by atoms with Crippen molar-refractivity contribution in [2.24, 2.45) is 12.9 Å². The van der Waals surface area contributed by atoms with E-state index in [0.717, 1.165) is 11.3 Å². The molecule has 3 N–H and O–H groups in total. The van der Waals surface area contributed by atoms with Gasteiger partial charge in [-0.05, 0) is 18.2 Å². The smallest absolute Gasteiger partial charge is 0.161 e. The van der Waals surface area contributed by atoms with Crippen molar-refractivity contribution in [3.63, 3.8) is 0 Å². The van der Waals surface area contributed by atoms with Crippen LogP contribution >= 0.6 is 11.6 Å². The zero-order chi connectivity index (χ0) is 14.7. The first-order chi connectivity index (χ1) is 9.62. The molecule has 20 heavy (non-hydrogen) atoms. The molecule has 0 aliphatic carbocycles. The lowest BCUT2D eigenvalue weighted by atomic mass is 10.0. The number of nitrogens with one attached hydrogen (secondary N) is 1. The maximum atomic E-state index is 6.07. The molecular formula is C13H17ClN4O2. The molecule has 2 rings (SSSR count). The van der Waals surface area contributed by atoms with E-state index in [1.54, 1.807) is 43.3 Å². The molecule has 0 radical (unpaired) electrons. The minimum atomic E-state index is -0.355. The quantitative estimate of drug-likeness (QED) is 0.648. The van der Waals surface area contributed by atoms with Gasteiger partial charge >= 0.3 is 0 Å². The molecule has 0 amide bonds. The van der Waals surface area contributed by atoms with Gasteiger partial charge < -0.3 is 9.47 Å². The van der Waals surface area contributed by atoms with Crippen LogP contribution in [-0.4, -0.2) is 24.0 Å². The fourth-order valence-corrected chi connectivity index (χ4v) is 2.34. The van der Waals surface area contributed by atoms with Gasteiger partial charge in [-0.3, -0.25) is 10.5 Å². The summed E-state index contributed by atoms with van der Waals surface area (Å²) in [6, 6.07) is 5.01. The van der Waals surface area contributed by atoms with Crippen molar-refractivity contribution in [2.75, 3.05) is 14.2 Å². The van der Waals surface area contributed by atoms with Crippen LogP contribution in [-0.2, 0) is 7.05 Å². The van der Waals surface area contributed by atoms with Crippen molar-refractivity contribution in [1.82, 2.24) is 15.2 Å². The minimum absolute atomic E-state index is 0.355. The van der Waals surface area contributed by atoms with E-state index in [0.29, 0.717) is 16.5 Å².